The Labute approximate surface area is 117 Å². The molecule has 0 saturated carbocycles. The zero-order chi connectivity index (χ0) is 13.9. The number of nitrogens with two attached hydrogens (primary N) is 1. The van der Waals surface area contributed by atoms with Crippen molar-refractivity contribution >= 4 is 11.4 Å². The van der Waals surface area contributed by atoms with Gasteiger partial charge in [-0.2, -0.15) is 0 Å². The van der Waals surface area contributed by atoms with Crippen LogP contribution in [0.2, 0.25) is 0 Å². The zero-order valence-corrected chi connectivity index (χ0v) is 12.4. The van der Waals surface area contributed by atoms with E-state index in [4.69, 9.17) is 5.73 Å². The number of para-hydroxylation sites is 2. The zero-order valence-electron chi connectivity index (χ0n) is 12.4. The maximum absolute atomic E-state index is 5.98. The van der Waals surface area contributed by atoms with Gasteiger partial charge in [0.1, 0.15) is 0 Å². The smallest absolute Gasteiger partial charge is 0.0574 e. The van der Waals surface area contributed by atoms with Gasteiger partial charge in [-0.25, -0.2) is 0 Å². The second-order valence-corrected chi connectivity index (χ2v) is 6.53. The van der Waals surface area contributed by atoms with Gasteiger partial charge in [-0.15, -0.1) is 0 Å². The van der Waals surface area contributed by atoms with E-state index in [-0.39, 0.29) is 5.41 Å². The fourth-order valence-electron chi connectivity index (χ4n) is 2.93. The average Bonchev–Trinajstić information content (AvgIpc) is 2.38. The first-order valence-electron chi connectivity index (χ1n) is 7.26. The lowest BCUT2D eigenvalue weighted by Gasteiger charge is -2.40. The number of nitrogens with one attached hydrogen (secondary N) is 1. The van der Waals surface area contributed by atoms with Crippen LogP contribution in [0.3, 0.4) is 0 Å². The molecule has 19 heavy (non-hydrogen) atoms. The van der Waals surface area contributed by atoms with Crippen LogP contribution < -0.4 is 11.1 Å². The molecule has 2 rings (SSSR count). The molecule has 1 atom stereocenters. The number of benzene rings is 1. The summed E-state index contributed by atoms with van der Waals surface area (Å²) in [6.07, 6.45) is 2.65. The van der Waals surface area contributed by atoms with Gasteiger partial charge >= 0.3 is 0 Å². The van der Waals surface area contributed by atoms with Crippen molar-refractivity contribution in [2.24, 2.45) is 11.3 Å². The molecule has 3 heteroatoms. The monoisotopic (exact) mass is 261 g/mol. The molecular weight excluding hydrogens is 234 g/mol. The van der Waals surface area contributed by atoms with Crippen molar-refractivity contribution in [2.45, 2.75) is 26.7 Å². The third-order valence-corrected chi connectivity index (χ3v) is 4.42. The van der Waals surface area contributed by atoms with Crippen LogP contribution in [0.1, 0.15) is 26.7 Å². The van der Waals surface area contributed by atoms with Gasteiger partial charge in [-0.3, -0.25) is 0 Å². The minimum Gasteiger partial charge on any atom is -0.397 e. The lowest BCUT2D eigenvalue weighted by Crippen LogP contribution is -2.42. The van der Waals surface area contributed by atoms with Crippen molar-refractivity contribution in [1.29, 1.82) is 0 Å². The molecule has 1 saturated heterocycles. The van der Waals surface area contributed by atoms with Gasteiger partial charge in [0, 0.05) is 13.1 Å². The van der Waals surface area contributed by atoms with Crippen LogP contribution in [0, 0.1) is 11.3 Å². The van der Waals surface area contributed by atoms with Crippen LogP contribution in [-0.2, 0) is 0 Å². The molecule has 1 aromatic carbocycles. The fraction of sp³-hybridized carbons (Fsp3) is 0.625. The summed E-state index contributed by atoms with van der Waals surface area (Å²) in [5.74, 6) is 0.753. The Hall–Kier alpha value is -1.22. The van der Waals surface area contributed by atoms with Crippen LogP contribution in [0.25, 0.3) is 0 Å². The second kappa shape index (κ2) is 5.83. The molecular formula is C16H27N3. The Bertz CT molecular complexity index is 414. The van der Waals surface area contributed by atoms with Crippen molar-refractivity contribution in [3.8, 4) is 0 Å². The Kier molecular flexibility index (Phi) is 4.35. The topological polar surface area (TPSA) is 41.3 Å². The van der Waals surface area contributed by atoms with Gasteiger partial charge in [-0.05, 0) is 49.9 Å². The highest BCUT2D eigenvalue weighted by molar-refractivity contribution is 5.65. The number of nitrogen functional groups attached to an aromatic ring is 1. The Balaban J connectivity index is 1.95. The summed E-state index contributed by atoms with van der Waals surface area (Å²) in [4.78, 5) is 2.45. The number of likely N-dealkylation sites (tertiary alicyclic amines) is 1. The molecule has 0 aromatic heterocycles. The molecule has 3 N–H and O–H groups in total. The van der Waals surface area contributed by atoms with E-state index >= 15 is 0 Å². The number of rotatable bonds is 4. The normalized spacial score (nSPS) is 21.3. The molecule has 0 spiro atoms. The number of hydrogen-bond acceptors (Lipinski definition) is 3. The van der Waals surface area contributed by atoms with Crippen LogP contribution >= 0.6 is 0 Å². The Morgan fingerprint density at radius 2 is 2.11 bits per heavy atom. The molecule has 106 valence electrons. The van der Waals surface area contributed by atoms with Crippen LogP contribution in [-0.4, -0.2) is 31.6 Å². The van der Waals surface area contributed by atoms with Crippen molar-refractivity contribution < 1.29 is 0 Å². The minimum absolute atomic E-state index is 0.289. The van der Waals surface area contributed by atoms with Crippen LogP contribution in [0.15, 0.2) is 24.3 Å². The number of nitrogens with zero attached hydrogens (tertiary/aromatic N) is 1. The van der Waals surface area contributed by atoms with Crippen molar-refractivity contribution in [3.05, 3.63) is 24.3 Å². The van der Waals surface area contributed by atoms with E-state index < -0.39 is 0 Å². The standard InChI is InChI=1S/C16H27N3/c1-16(2,13-7-6-10-19(3)11-13)12-18-15-9-5-4-8-14(15)17/h4-5,8-9,13,18H,6-7,10-12,17H2,1-3H3. The summed E-state index contributed by atoms with van der Waals surface area (Å²) in [5.41, 5.74) is 8.16. The van der Waals surface area contributed by atoms with Crippen LogP contribution in [0.4, 0.5) is 11.4 Å². The van der Waals surface area contributed by atoms with Gasteiger partial charge in [0.25, 0.3) is 0 Å². The summed E-state index contributed by atoms with van der Waals surface area (Å²) >= 11 is 0. The highest BCUT2D eigenvalue weighted by atomic mass is 15.1. The van der Waals surface area contributed by atoms with E-state index in [0.717, 1.165) is 23.8 Å². The first kappa shape index (κ1) is 14.2. The van der Waals surface area contributed by atoms with Crippen molar-refractivity contribution in [2.75, 3.05) is 37.7 Å². The first-order chi connectivity index (χ1) is 8.99. The lowest BCUT2D eigenvalue weighted by molar-refractivity contribution is 0.113. The maximum Gasteiger partial charge on any atom is 0.0574 e. The molecule has 0 bridgehead atoms. The third-order valence-electron chi connectivity index (χ3n) is 4.42. The first-order valence-corrected chi connectivity index (χ1v) is 7.26. The number of anilines is 2. The van der Waals surface area contributed by atoms with Gasteiger partial charge in [0.05, 0.1) is 11.4 Å². The van der Waals surface area contributed by atoms with E-state index in [1.54, 1.807) is 0 Å². The minimum atomic E-state index is 0.289. The summed E-state index contributed by atoms with van der Waals surface area (Å²) in [6, 6.07) is 8.00. The molecule has 1 aliphatic heterocycles. The SMILES string of the molecule is CN1CCCC(C(C)(C)CNc2ccccc2N)C1. The molecule has 0 aliphatic carbocycles. The highest BCUT2D eigenvalue weighted by Crippen LogP contribution is 2.34. The molecule has 3 nitrogen and oxygen atoms in total. The van der Waals surface area contributed by atoms with Gasteiger partial charge < -0.3 is 16.0 Å². The maximum atomic E-state index is 5.98. The molecule has 0 radical (unpaired) electrons. The predicted molar refractivity (Wildman–Crippen MR) is 83.3 cm³/mol. The van der Waals surface area contributed by atoms with Crippen molar-refractivity contribution in [3.63, 3.8) is 0 Å². The molecule has 1 heterocycles. The van der Waals surface area contributed by atoms with Gasteiger partial charge in [0.15, 0.2) is 0 Å². The molecule has 1 aromatic rings. The predicted octanol–water partition coefficient (Wildman–Crippen LogP) is 3.05. The number of hydrogen-bond donors (Lipinski definition) is 2. The molecule has 1 fully saturated rings. The lowest BCUT2D eigenvalue weighted by atomic mass is 9.74. The fourth-order valence-corrected chi connectivity index (χ4v) is 2.93. The van der Waals surface area contributed by atoms with Gasteiger partial charge in [-0.1, -0.05) is 26.0 Å². The molecule has 0 amide bonds. The Morgan fingerprint density at radius 3 is 2.79 bits per heavy atom. The van der Waals surface area contributed by atoms with Crippen LogP contribution in [0.5, 0.6) is 0 Å². The molecule has 1 unspecified atom stereocenters. The molecule has 1 aliphatic rings. The van der Waals surface area contributed by atoms with E-state index in [1.807, 2.05) is 18.2 Å². The average molecular weight is 261 g/mol. The Morgan fingerprint density at radius 1 is 1.37 bits per heavy atom. The summed E-state index contributed by atoms with van der Waals surface area (Å²) < 4.78 is 0. The largest absolute Gasteiger partial charge is 0.397 e. The van der Waals surface area contributed by atoms with E-state index in [0.29, 0.717) is 0 Å². The summed E-state index contributed by atoms with van der Waals surface area (Å²) in [6.45, 7) is 8.15. The highest BCUT2D eigenvalue weighted by Gasteiger charge is 2.32. The summed E-state index contributed by atoms with van der Waals surface area (Å²) in [7, 11) is 2.23. The van der Waals surface area contributed by atoms with Crippen molar-refractivity contribution in [1.82, 2.24) is 4.90 Å². The quantitative estimate of drug-likeness (QED) is 0.819. The summed E-state index contributed by atoms with van der Waals surface area (Å²) in [5, 5.41) is 3.52. The second-order valence-electron chi connectivity index (χ2n) is 6.53. The third kappa shape index (κ3) is 3.63. The van der Waals surface area contributed by atoms with E-state index in [2.05, 4.69) is 37.2 Å². The van der Waals surface area contributed by atoms with Gasteiger partial charge in [0.2, 0.25) is 0 Å². The van der Waals surface area contributed by atoms with E-state index in [9.17, 15) is 0 Å². The number of piperidine rings is 1. The van der Waals surface area contributed by atoms with E-state index in [1.165, 1.54) is 25.9 Å².